The van der Waals surface area contributed by atoms with E-state index in [2.05, 4.69) is 37.1 Å². The van der Waals surface area contributed by atoms with Crippen molar-refractivity contribution in [3.63, 3.8) is 0 Å². The maximum absolute atomic E-state index is 5.99. The largest absolute Gasteiger partial charge is 0.327 e. The highest BCUT2D eigenvalue weighted by atomic mass is 32.1. The molecule has 0 aromatic carbocycles. The first-order chi connectivity index (χ1) is 6.93. The Balaban J connectivity index is 2.92. The van der Waals surface area contributed by atoms with Gasteiger partial charge in [0, 0.05) is 17.9 Å². The molecule has 0 saturated carbocycles. The highest BCUT2D eigenvalue weighted by Crippen LogP contribution is 2.29. The lowest BCUT2D eigenvalue weighted by Crippen LogP contribution is -2.28. The van der Waals surface area contributed by atoms with Crippen molar-refractivity contribution in [2.75, 3.05) is 0 Å². The summed E-state index contributed by atoms with van der Waals surface area (Å²) in [6.07, 6.45) is 0. The SMILES string of the molecule is CC(C)c1nsc(C(C(C)C)C(C)N)n1. The first-order valence-electron chi connectivity index (χ1n) is 5.52. The van der Waals surface area contributed by atoms with Crippen molar-refractivity contribution in [2.45, 2.75) is 52.5 Å². The van der Waals surface area contributed by atoms with E-state index in [1.807, 2.05) is 6.92 Å². The van der Waals surface area contributed by atoms with Crippen molar-refractivity contribution in [3.05, 3.63) is 10.8 Å². The topological polar surface area (TPSA) is 51.8 Å². The minimum Gasteiger partial charge on any atom is -0.327 e. The average Bonchev–Trinajstić information content (AvgIpc) is 2.51. The van der Waals surface area contributed by atoms with Gasteiger partial charge in [0.25, 0.3) is 0 Å². The Morgan fingerprint density at radius 3 is 2.07 bits per heavy atom. The van der Waals surface area contributed by atoms with Gasteiger partial charge in [0.1, 0.15) is 10.8 Å². The minimum absolute atomic E-state index is 0.137. The summed E-state index contributed by atoms with van der Waals surface area (Å²) in [6, 6.07) is 0.137. The summed E-state index contributed by atoms with van der Waals surface area (Å²) in [5, 5.41) is 1.09. The van der Waals surface area contributed by atoms with Crippen LogP contribution >= 0.6 is 11.5 Å². The van der Waals surface area contributed by atoms with Gasteiger partial charge >= 0.3 is 0 Å². The summed E-state index contributed by atoms with van der Waals surface area (Å²) in [4.78, 5) is 4.58. The molecule has 3 nitrogen and oxygen atoms in total. The molecule has 86 valence electrons. The highest BCUT2D eigenvalue weighted by Gasteiger charge is 2.24. The summed E-state index contributed by atoms with van der Waals surface area (Å²) in [5.41, 5.74) is 5.99. The van der Waals surface area contributed by atoms with E-state index in [-0.39, 0.29) is 6.04 Å². The number of aromatic nitrogens is 2. The monoisotopic (exact) mass is 227 g/mol. The number of hydrogen-bond donors (Lipinski definition) is 1. The van der Waals surface area contributed by atoms with Crippen LogP contribution in [0.1, 0.15) is 57.3 Å². The maximum atomic E-state index is 5.99. The molecule has 0 amide bonds. The second-order valence-corrected chi connectivity index (χ2v) is 5.56. The third-order valence-corrected chi connectivity index (χ3v) is 3.37. The molecule has 15 heavy (non-hydrogen) atoms. The first kappa shape index (κ1) is 12.6. The Kier molecular flexibility index (Phi) is 4.22. The predicted octanol–water partition coefficient (Wildman–Crippen LogP) is 2.75. The molecule has 0 aliphatic carbocycles. The van der Waals surface area contributed by atoms with Gasteiger partial charge in [-0.25, -0.2) is 4.98 Å². The molecule has 4 heteroatoms. The van der Waals surface area contributed by atoms with E-state index >= 15 is 0 Å². The molecule has 1 rings (SSSR count). The van der Waals surface area contributed by atoms with Gasteiger partial charge in [-0.2, -0.15) is 4.37 Å². The van der Waals surface area contributed by atoms with Crippen LogP contribution in [0, 0.1) is 5.92 Å². The molecule has 2 atom stereocenters. The highest BCUT2D eigenvalue weighted by molar-refractivity contribution is 7.05. The summed E-state index contributed by atoms with van der Waals surface area (Å²) in [7, 11) is 0. The Hall–Kier alpha value is -0.480. The van der Waals surface area contributed by atoms with Crippen LogP contribution in [0.3, 0.4) is 0 Å². The van der Waals surface area contributed by atoms with Crippen molar-refractivity contribution in [3.8, 4) is 0 Å². The van der Waals surface area contributed by atoms with E-state index in [9.17, 15) is 0 Å². The summed E-state index contributed by atoms with van der Waals surface area (Å²) in [5.74, 6) is 2.19. The molecule has 0 spiro atoms. The molecule has 0 aliphatic rings. The van der Waals surface area contributed by atoms with Crippen LogP contribution in [-0.4, -0.2) is 15.4 Å². The number of nitrogens with two attached hydrogens (primary N) is 1. The quantitative estimate of drug-likeness (QED) is 0.860. The van der Waals surface area contributed by atoms with Gasteiger partial charge in [0.15, 0.2) is 0 Å². The van der Waals surface area contributed by atoms with Gasteiger partial charge in [0.05, 0.1) is 0 Å². The lowest BCUT2D eigenvalue weighted by molar-refractivity contribution is 0.433. The van der Waals surface area contributed by atoms with Crippen LogP contribution < -0.4 is 5.73 Å². The maximum Gasteiger partial charge on any atom is 0.145 e. The molecule has 2 N–H and O–H groups in total. The Labute approximate surface area is 96.3 Å². The van der Waals surface area contributed by atoms with Crippen molar-refractivity contribution in [1.29, 1.82) is 0 Å². The van der Waals surface area contributed by atoms with Gasteiger partial charge in [0.2, 0.25) is 0 Å². The smallest absolute Gasteiger partial charge is 0.145 e. The Morgan fingerprint density at radius 1 is 1.13 bits per heavy atom. The van der Waals surface area contributed by atoms with Gasteiger partial charge in [-0.15, -0.1) is 0 Å². The molecule has 0 saturated heterocycles. The summed E-state index contributed by atoms with van der Waals surface area (Å²) < 4.78 is 4.38. The van der Waals surface area contributed by atoms with Crippen molar-refractivity contribution < 1.29 is 0 Å². The fraction of sp³-hybridized carbons (Fsp3) is 0.818. The molecule has 2 unspecified atom stereocenters. The average molecular weight is 227 g/mol. The fourth-order valence-electron chi connectivity index (χ4n) is 1.73. The van der Waals surface area contributed by atoms with Crippen LogP contribution in [0.2, 0.25) is 0 Å². The summed E-state index contributed by atoms with van der Waals surface area (Å²) >= 11 is 1.50. The van der Waals surface area contributed by atoms with E-state index in [4.69, 9.17) is 5.73 Å². The third kappa shape index (κ3) is 2.98. The summed E-state index contributed by atoms with van der Waals surface area (Å²) in [6.45, 7) is 10.6. The van der Waals surface area contributed by atoms with Crippen LogP contribution in [-0.2, 0) is 0 Å². The molecule has 0 fully saturated rings. The van der Waals surface area contributed by atoms with Crippen molar-refractivity contribution in [1.82, 2.24) is 9.36 Å². The number of rotatable bonds is 4. The van der Waals surface area contributed by atoms with Gasteiger partial charge < -0.3 is 5.73 Å². The Bertz CT molecular complexity index is 297. The first-order valence-corrected chi connectivity index (χ1v) is 6.30. The molecule has 0 bridgehead atoms. The molecule has 1 aromatic rings. The molecule has 1 aromatic heterocycles. The van der Waals surface area contributed by atoms with E-state index in [1.54, 1.807) is 0 Å². The molecule has 1 heterocycles. The van der Waals surface area contributed by atoms with Crippen LogP contribution in [0.4, 0.5) is 0 Å². The second kappa shape index (κ2) is 5.03. The minimum atomic E-state index is 0.137. The van der Waals surface area contributed by atoms with Crippen LogP contribution in [0.15, 0.2) is 0 Å². The van der Waals surface area contributed by atoms with E-state index in [1.165, 1.54) is 11.5 Å². The standard InChI is InChI=1S/C11H21N3S/c1-6(2)9(8(5)12)11-13-10(7(3)4)14-15-11/h6-9H,12H2,1-5H3. The van der Waals surface area contributed by atoms with Crippen LogP contribution in [0.5, 0.6) is 0 Å². The van der Waals surface area contributed by atoms with E-state index in [0.717, 1.165) is 10.8 Å². The fourth-order valence-corrected chi connectivity index (χ4v) is 2.92. The lowest BCUT2D eigenvalue weighted by atomic mass is 9.90. The molecule has 0 radical (unpaired) electrons. The van der Waals surface area contributed by atoms with E-state index in [0.29, 0.717) is 17.8 Å². The van der Waals surface area contributed by atoms with Gasteiger partial charge in [-0.1, -0.05) is 27.7 Å². The van der Waals surface area contributed by atoms with Crippen molar-refractivity contribution >= 4 is 11.5 Å². The third-order valence-electron chi connectivity index (χ3n) is 2.54. The zero-order chi connectivity index (χ0) is 11.6. The second-order valence-electron chi connectivity index (χ2n) is 4.77. The Morgan fingerprint density at radius 2 is 1.73 bits per heavy atom. The zero-order valence-corrected chi connectivity index (χ0v) is 11.0. The molecule has 0 aliphatic heterocycles. The number of hydrogen-bond acceptors (Lipinski definition) is 4. The zero-order valence-electron chi connectivity index (χ0n) is 10.2. The molecular weight excluding hydrogens is 206 g/mol. The van der Waals surface area contributed by atoms with E-state index < -0.39 is 0 Å². The van der Waals surface area contributed by atoms with Gasteiger partial charge in [-0.05, 0) is 24.4 Å². The normalized spacial score (nSPS) is 16.0. The number of nitrogens with zero attached hydrogens (tertiary/aromatic N) is 2. The predicted molar refractivity (Wildman–Crippen MR) is 65.2 cm³/mol. The van der Waals surface area contributed by atoms with Gasteiger partial charge in [-0.3, -0.25) is 0 Å². The lowest BCUT2D eigenvalue weighted by Gasteiger charge is -2.21. The van der Waals surface area contributed by atoms with Crippen LogP contribution in [0.25, 0.3) is 0 Å². The molecular formula is C11H21N3S. The van der Waals surface area contributed by atoms with Crippen molar-refractivity contribution in [2.24, 2.45) is 11.7 Å².